The van der Waals surface area contributed by atoms with E-state index in [2.05, 4.69) is 20.9 Å². The Morgan fingerprint density at radius 1 is 1.53 bits per heavy atom. The molecule has 0 atom stereocenters. The van der Waals surface area contributed by atoms with E-state index in [4.69, 9.17) is 16.3 Å². The minimum Gasteiger partial charge on any atom is -0.462 e. The molecule has 0 aliphatic carbocycles. The van der Waals surface area contributed by atoms with Crippen molar-refractivity contribution in [1.29, 1.82) is 0 Å². The van der Waals surface area contributed by atoms with Crippen molar-refractivity contribution in [2.45, 2.75) is 6.92 Å². The first-order chi connectivity index (χ1) is 8.97. The van der Waals surface area contributed by atoms with Crippen LogP contribution in [0.4, 0.5) is 8.78 Å². The Hall–Kier alpha value is -1.27. The molecule has 19 heavy (non-hydrogen) atoms. The van der Waals surface area contributed by atoms with Gasteiger partial charge >= 0.3 is 5.97 Å². The highest BCUT2D eigenvalue weighted by molar-refractivity contribution is 9.10. The fraction of sp³-hybridized carbons (Fsp3) is 0.167. The second kappa shape index (κ2) is 5.38. The summed E-state index contributed by atoms with van der Waals surface area (Å²) in [6.07, 6.45) is 1.07. The Morgan fingerprint density at radius 2 is 2.21 bits per heavy atom. The summed E-state index contributed by atoms with van der Waals surface area (Å²) in [7, 11) is 0. The number of ether oxygens (including phenoxy) is 1. The zero-order valence-corrected chi connectivity index (χ0v) is 12.0. The molecule has 0 saturated heterocycles. The molecular weight excluding hydrogens is 343 g/mol. The lowest BCUT2D eigenvalue weighted by Gasteiger charge is -2.08. The van der Waals surface area contributed by atoms with Crippen LogP contribution in [0, 0.1) is 11.6 Å². The topological polar surface area (TPSA) is 39.2 Å². The third kappa shape index (κ3) is 2.42. The van der Waals surface area contributed by atoms with E-state index in [1.54, 1.807) is 6.92 Å². The molecule has 1 heterocycles. The number of benzene rings is 1. The minimum atomic E-state index is -0.778. The first kappa shape index (κ1) is 14.1. The van der Waals surface area contributed by atoms with E-state index in [9.17, 15) is 13.6 Å². The number of pyridine rings is 1. The third-order valence-electron chi connectivity index (χ3n) is 2.42. The molecule has 1 aromatic carbocycles. The number of esters is 1. The summed E-state index contributed by atoms with van der Waals surface area (Å²) in [5.74, 6) is -2.25. The fourth-order valence-corrected chi connectivity index (χ4v) is 2.28. The summed E-state index contributed by atoms with van der Waals surface area (Å²) in [6.45, 7) is 1.76. The van der Waals surface area contributed by atoms with E-state index >= 15 is 0 Å². The number of aromatic nitrogens is 1. The Kier molecular flexibility index (Phi) is 4.01. The van der Waals surface area contributed by atoms with Gasteiger partial charge in [0.1, 0.15) is 11.3 Å². The maximum absolute atomic E-state index is 14.0. The summed E-state index contributed by atoms with van der Waals surface area (Å²) >= 11 is 8.83. The van der Waals surface area contributed by atoms with Gasteiger partial charge in [-0.15, -0.1) is 0 Å². The van der Waals surface area contributed by atoms with E-state index in [-0.39, 0.29) is 32.6 Å². The molecule has 0 fully saturated rings. The SMILES string of the molecule is CCOC(=O)c1cnc2c(F)cc(Br)c(F)c2c1Cl. The predicted molar refractivity (Wildman–Crippen MR) is 70.3 cm³/mol. The number of fused-ring (bicyclic) bond motifs is 1. The van der Waals surface area contributed by atoms with Crippen LogP contribution in [0.25, 0.3) is 10.9 Å². The highest BCUT2D eigenvalue weighted by Gasteiger charge is 2.21. The van der Waals surface area contributed by atoms with Crippen LogP contribution in [0.3, 0.4) is 0 Å². The van der Waals surface area contributed by atoms with Gasteiger partial charge in [0.15, 0.2) is 5.82 Å². The molecule has 0 saturated carbocycles. The van der Waals surface area contributed by atoms with Gasteiger partial charge in [-0.2, -0.15) is 0 Å². The van der Waals surface area contributed by atoms with E-state index in [1.165, 1.54) is 0 Å². The summed E-state index contributed by atoms with van der Waals surface area (Å²) in [5.41, 5.74) is -0.342. The van der Waals surface area contributed by atoms with Gasteiger partial charge in [0.25, 0.3) is 0 Å². The number of hydrogen-bond donors (Lipinski definition) is 0. The summed E-state index contributed by atoms with van der Waals surface area (Å²) < 4.78 is 32.3. The zero-order chi connectivity index (χ0) is 14.2. The second-order valence-corrected chi connectivity index (χ2v) is 4.82. The van der Waals surface area contributed by atoms with Gasteiger partial charge in [-0.1, -0.05) is 11.6 Å². The molecule has 0 amide bonds. The van der Waals surface area contributed by atoms with Crippen molar-refractivity contribution in [2.24, 2.45) is 0 Å². The van der Waals surface area contributed by atoms with Crippen molar-refractivity contribution in [3.05, 3.63) is 39.0 Å². The molecule has 100 valence electrons. The number of hydrogen-bond acceptors (Lipinski definition) is 3. The monoisotopic (exact) mass is 349 g/mol. The summed E-state index contributed by atoms with van der Waals surface area (Å²) in [6, 6.07) is 0.949. The number of halogens is 4. The third-order valence-corrected chi connectivity index (χ3v) is 3.39. The molecular formula is C12H7BrClF2NO2. The van der Waals surface area contributed by atoms with Gasteiger partial charge < -0.3 is 4.74 Å². The van der Waals surface area contributed by atoms with Crippen LogP contribution in [0.2, 0.25) is 5.02 Å². The summed E-state index contributed by atoms with van der Waals surface area (Å²) in [5, 5.41) is -0.472. The Morgan fingerprint density at radius 3 is 2.84 bits per heavy atom. The van der Waals surface area contributed by atoms with Gasteiger partial charge in [-0.05, 0) is 28.9 Å². The van der Waals surface area contributed by atoms with Gasteiger partial charge in [0.2, 0.25) is 0 Å². The van der Waals surface area contributed by atoms with Gasteiger partial charge in [-0.25, -0.2) is 13.6 Å². The van der Waals surface area contributed by atoms with E-state index in [0.29, 0.717) is 0 Å². The average molecular weight is 351 g/mol. The fourth-order valence-electron chi connectivity index (χ4n) is 1.58. The number of carbonyl (C=O) groups is 1. The van der Waals surface area contributed by atoms with E-state index < -0.39 is 17.6 Å². The van der Waals surface area contributed by atoms with Gasteiger partial charge in [0, 0.05) is 6.20 Å². The van der Waals surface area contributed by atoms with Crippen LogP contribution in [-0.4, -0.2) is 17.6 Å². The van der Waals surface area contributed by atoms with E-state index in [1.807, 2.05) is 0 Å². The average Bonchev–Trinajstić information content (AvgIpc) is 2.36. The smallest absolute Gasteiger partial charge is 0.341 e. The van der Waals surface area contributed by atoms with Gasteiger partial charge in [-0.3, -0.25) is 4.98 Å². The van der Waals surface area contributed by atoms with Crippen molar-refractivity contribution < 1.29 is 18.3 Å². The molecule has 7 heteroatoms. The first-order valence-electron chi connectivity index (χ1n) is 5.26. The maximum Gasteiger partial charge on any atom is 0.341 e. The predicted octanol–water partition coefficient (Wildman–Crippen LogP) is 4.11. The molecule has 0 spiro atoms. The van der Waals surface area contributed by atoms with Crippen molar-refractivity contribution in [1.82, 2.24) is 4.98 Å². The van der Waals surface area contributed by atoms with Crippen molar-refractivity contribution >= 4 is 44.4 Å². The molecule has 0 aliphatic rings. The van der Waals surface area contributed by atoms with Crippen LogP contribution >= 0.6 is 27.5 Å². The largest absolute Gasteiger partial charge is 0.462 e. The first-order valence-corrected chi connectivity index (χ1v) is 6.43. The van der Waals surface area contributed by atoms with Crippen LogP contribution in [-0.2, 0) is 4.74 Å². The molecule has 0 N–H and O–H groups in total. The summed E-state index contributed by atoms with van der Waals surface area (Å²) in [4.78, 5) is 15.3. The number of rotatable bonds is 2. The quantitative estimate of drug-likeness (QED) is 0.604. The number of nitrogens with zero attached hydrogens (tertiary/aromatic N) is 1. The molecule has 3 nitrogen and oxygen atoms in total. The highest BCUT2D eigenvalue weighted by Crippen LogP contribution is 2.33. The van der Waals surface area contributed by atoms with Crippen molar-refractivity contribution in [3.63, 3.8) is 0 Å². The molecule has 0 unspecified atom stereocenters. The Labute approximate surface area is 120 Å². The molecule has 0 aliphatic heterocycles. The zero-order valence-electron chi connectivity index (χ0n) is 9.64. The lowest BCUT2D eigenvalue weighted by atomic mass is 10.1. The highest BCUT2D eigenvalue weighted by atomic mass is 79.9. The molecule has 2 rings (SSSR count). The Balaban J connectivity index is 2.77. The normalized spacial score (nSPS) is 10.8. The van der Waals surface area contributed by atoms with Gasteiger partial charge in [0.05, 0.1) is 27.1 Å². The van der Waals surface area contributed by atoms with Crippen molar-refractivity contribution in [2.75, 3.05) is 6.61 Å². The van der Waals surface area contributed by atoms with Crippen LogP contribution in [0.5, 0.6) is 0 Å². The maximum atomic E-state index is 14.0. The van der Waals surface area contributed by atoms with Crippen LogP contribution in [0.1, 0.15) is 17.3 Å². The molecule has 0 bridgehead atoms. The van der Waals surface area contributed by atoms with Crippen LogP contribution < -0.4 is 0 Å². The number of carbonyl (C=O) groups excluding carboxylic acids is 1. The van der Waals surface area contributed by atoms with Crippen LogP contribution in [0.15, 0.2) is 16.7 Å². The lowest BCUT2D eigenvalue weighted by Crippen LogP contribution is -2.07. The second-order valence-electron chi connectivity index (χ2n) is 3.58. The molecule has 2 aromatic rings. The standard InChI is InChI=1S/C12H7BrClF2NO2/c1-2-19-12(18)5-4-17-11-7(15)3-6(13)10(16)8(11)9(5)14/h3-4H,2H2,1H3. The Bertz CT molecular complexity index is 679. The molecule has 1 aromatic heterocycles. The molecule has 0 radical (unpaired) electrons. The lowest BCUT2D eigenvalue weighted by molar-refractivity contribution is 0.0526. The minimum absolute atomic E-state index is 0.0952. The van der Waals surface area contributed by atoms with Crippen molar-refractivity contribution in [3.8, 4) is 0 Å². The van der Waals surface area contributed by atoms with E-state index in [0.717, 1.165) is 12.3 Å².